The first-order valence-corrected chi connectivity index (χ1v) is 15.8. The number of nitrogens with zero attached hydrogens (tertiary/aromatic N) is 3. The average molecular weight is 569 g/mol. The molecule has 0 atom stereocenters. The van der Waals surface area contributed by atoms with Crippen LogP contribution in [0.3, 0.4) is 0 Å². The zero-order chi connectivity index (χ0) is 29.1. The maximum Gasteiger partial charge on any atom is 0.255 e. The molecule has 0 saturated carbocycles. The summed E-state index contributed by atoms with van der Waals surface area (Å²) >= 11 is 0. The molecule has 4 heteroatoms. The molecule has 0 saturated heterocycles. The van der Waals surface area contributed by atoms with Crippen molar-refractivity contribution in [1.82, 2.24) is 13.5 Å². The van der Waals surface area contributed by atoms with Crippen molar-refractivity contribution < 1.29 is 0 Å². The Labute approximate surface area is 258 Å². The van der Waals surface area contributed by atoms with Gasteiger partial charge in [-0.15, -0.1) is 0 Å². The predicted octanol–water partition coefficient (Wildman–Crippen LogP) is 7.89. The summed E-state index contributed by atoms with van der Waals surface area (Å²) in [5, 5.41) is 9.14. The summed E-state index contributed by atoms with van der Waals surface area (Å²) in [4.78, 5) is 0. The highest BCUT2D eigenvalue weighted by Gasteiger charge is 2.43. The van der Waals surface area contributed by atoms with E-state index in [0.29, 0.717) is 0 Å². The number of fused-ring (bicyclic) bond motifs is 16. The number of rotatable bonds is 0. The van der Waals surface area contributed by atoms with Gasteiger partial charge in [0.1, 0.15) is 5.65 Å². The van der Waals surface area contributed by atoms with Crippen LogP contribution in [0.25, 0.3) is 82.3 Å². The maximum atomic E-state index is 2.60. The highest BCUT2D eigenvalue weighted by atomic mass is 15.1. The minimum atomic E-state index is 0.118. The lowest BCUT2D eigenvalue weighted by molar-refractivity contribution is 1.12. The van der Waals surface area contributed by atoms with E-state index < -0.39 is 0 Å². The normalized spacial score (nSPS) is 13.4. The van der Waals surface area contributed by atoms with Crippen molar-refractivity contribution >= 4 is 94.0 Å². The van der Waals surface area contributed by atoms with E-state index in [2.05, 4.69) is 148 Å². The lowest BCUT2D eigenvalue weighted by Gasteiger charge is -2.33. The van der Waals surface area contributed by atoms with Gasteiger partial charge in [0, 0.05) is 33.1 Å². The van der Waals surface area contributed by atoms with Crippen LogP contribution in [0.4, 0.5) is 0 Å². The predicted molar refractivity (Wildman–Crippen MR) is 190 cm³/mol. The van der Waals surface area contributed by atoms with Crippen LogP contribution in [0.5, 0.6) is 0 Å². The smallest absolute Gasteiger partial charge is 0.255 e. The lowest BCUT2D eigenvalue weighted by Crippen LogP contribution is -2.59. The molecule has 0 spiro atoms. The first-order valence-electron chi connectivity index (χ1n) is 15.8. The molecule has 2 aliphatic rings. The molecule has 3 nitrogen and oxygen atoms in total. The molecule has 5 heterocycles. The van der Waals surface area contributed by atoms with E-state index in [1.807, 2.05) is 0 Å². The molecular formula is C41H24BN3. The van der Waals surface area contributed by atoms with Crippen molar-refractivity contribution in [2.45, 2.75) is 6.92 Å². The first-order chi connectivity index (χ1) is 22.3. The molecule has 206 valence electrons. The van der Waals surface area contributed by atoms with E-state index in [1.54, 1.807) is 0 Å². The van der Waals surface area contributed by atoms with Crippen LogP contribution >= 0.6 is 0 Å². The van der Waals surface area contributed by atoms with Gasteiger partial charge >= 0.3 is 0 Å². The van der Waals surface area contributed by atoms with Crippen LogP contribution < -0.4 is 16.4 Å². The van der Waals surface area contributed by atoms with E-state index in [0.717, 1.165) is 0 Å². The fourth-order valence-electron chi connectivity index (χ4n) is 9.14. The van der Waals surface area contributed by atoms with Gasteiger partial charge in [-0.2, -0.15) is 0 Å². The Morgan fingerprint density at radius 1 is 0.467 bits per heavy atom. The number of imidazole rings is 1. The number of aromatic nitrogens is 3. The number of benzene rings is 7. The maximum absolute atomic E-state index is 2.60. The topological polar surface area (TPSA) is 14.3 Å². The van der Waals surface area contributed by atoms with E-state index in [4.69, 9.17) is 0 Å². The van der Waals surface area contributed by atoms with E-state index in [1.165, 1.54) is 104 Å². The Hall–Kier alpha value is -5.74. The third-order valence-electron chi connectivity index (χ3n) is 10.8. The molecule has 12 rings (SSSR count). The minimum absolute atomic E-state index is 0.118. The van der Waals surface area contributed by atoms with Crippen molar-refractivity contribution in [2.24, 2.45) is 0 Å². The third-order valence-corrected chi connectivity index (χ3v) is 10.8. The second-order valence-electron chi connectivity index (χ2n) is 13.0. The number of para-hydroxylation sites is 3. The Morgan fingerprint density at radius 3 is 2.02 bits per heavy atom. The molecule has 0 bridgehead atoms. The molecule has 0 unspecified atom stereocenters. The Kier molecular flexibility index (Phi) is 3.78. The van der Waals surface area contributed by atoms with Gasteiger partial charge in [-0.05, 0) is 86.8 Å². The van der Waals surface area contributed by atoms with E-state index >= 15 is 0 Å². The van der Waals surface area contributed by atoms with Crippen LogP contribution in [0.2, 0.25) is 0 Å². The molecule has 7 aromatic carbocycles. The molecule has 0 aliphatic carbocycles. The second-order valence-corrected chi connectivity index (χ2v) is 13.0. The third kappa shape index (κ3) is 2.49. The van der Waals surface area contributed by atoms with Gasteiger partial charge in [0.2, 0.25) is 0 Å². The standard InChI is InChI=1S/C41H24BN3/c1-23-19-35-38-36(20-23)45-39-27-12-5-4-9-24(27)17-18-29(39)28-13-8-14-31(40(28)45)42(38)37-30-21-25-10-2-3-11-26(25)22-34(30)43-32-15-6-7-16-33(32)44(35)41(37)43/h2-22H,1H3. The molecule has 10 aromatic rings. The van der Waals surface area contributed by atoms with E-state index in [-0.39, 0.29) is 6.71 Å². The average Bonchev–Trinajstić information content (AvgIpc) is 3.71. The summed E-state index contributed by atoms with van der Waals surface area (Å²) in [6.07, 6.45) is 0. The monoisotopic (exact) mass is 569 g/mol. The van der Waals surface area contributed by atoms with Crippen LogP contribution in [0.15, 0.2) is 127 Å². The van der Waals surface area contributed by atoms with Crippen molar-refractivity contribution in [2.75, 3.05) is 0 Å². The highest BCUT2D eigenvalue weighted by Crippen LogP contribution is 2.41. The molecule has 0 fully saturated rings. The van der Waals surface area contributed by atoms with Crippen molar-refractivity contribution in [3.63, 3.8) is 0 Å². The molecule has 45 heavy (non-hydrogen) atoms. The van der Waals surface area contributed by atoms with Gasteiger partial charge in [0.15, 0.2) is 0 Å². The largest absolute Gasteiger partial charge is 0.310 e. The van der Waals surface area contributed by atoms with Crippen LogP contribution in [-0.2, 0) is 0 Å². The lowest BCUT2D eigenvalue weighted by atomic mass is 9.34. The zero-order valence-electron chi connectivity index (χ0n) is 24.5. The van der Waals surface area contributed by atoms with Gasteiger partial charge in [0.05, 0.1) is 22.1 Å². The van der Waals surface area contributed by atoms with Crippen molar-refractivity contribution in [3.05, 3.63) is 133 Å². The Morgan fingerprint density at radius 2 is 1.16 bits per heavy atom. The van der Waals surface area contributed by atoms with E-state index in [9.17, 15) is 0 Å². The van der Waals surface area contributed by atoms with Crippen molar-refractivity contribution in [3.8, 4) is 11.4 Å². The SMILES string of the molecule is Cc1cc2c3c(c1)-n1c4ccccc4n4c5cc6ccccc6cc5c(c14)B3c1cccc3c4ccc5ccccc5c4n-2c13. The second kappa shape index (κ2) is 7.48. The highest BCUT2D eigenvalue weighted by molar-refractivity contribution is 7.01. The van der Waals surface area contributed by atoms with Gasteiger partial charge in [-0.1, -0.05) is 91.0 Å². The molecule has 2 aliphatic heterocycles. The van der Waals surface area contributed by atoms with Crippen LogP contribution in [0, 0.1) is 6.92 Å². The zero-order valence-corrected chi connectivity index (χ0v) is 24.5. The van der Waals surface area contributed by atoms with Crippen LogP contribution in [0.1, 0.15) is 5.56 Å². The van der Waals surface area contributed by atoms with Gasteiger partial charge in [-0.25, -0.2) is 0 Å². The summed E-state index contributed by atoms with van der Waals surface area (Å²) in [5.41, 5.74) is 15.8. The molecular weight excluding hydrogens is 545 g/mol. The number of hydrogen-bond donors (Lipinski definition) is 0. The van der Waals surface area contributed by atoms with Gasteiger partial charge in [-0.3, -0.25) is 8.97 Å². The van der Waals surface area contributed by atoms with Crippen molar-refractivity contribution in [1.29, 1.82) is 0 Å². The Balaban J connectivity index is 1.38. The fourth-order valence-corrected chi connectivity index (χ4v) is 9.14. The summed E-state index contributed by atoms with van der Waals surface area (Å²) in [6, 6.07) is 48.0. The molecule has 0 amide bonds. The molecule has 0 radical (unpaired) electrons. The quantitative estimate of drug-likeness (QED) is 0.165. The van der Waals surface area contributed by atoms with Gasteiger partial charge in [0.25, 0.3) is 6.71 Å². The molecule has 3 aromatic heterocycles. The Bertz CT molecular complexity index is 3010. The van der Waals surface area contributed by atoms with Crippen LogP contribution in [-0.4, -0.2) is 20.2 Å². The minimum Gasteiger partial charge on any atom is -0.310 e. The summed E-state index contributed by atoms with van der Waals surface area (Å²) in [6.45, 7) is 2.38. The first kappa shape index (κ1) is 22.8. The number of hydrogen-bond acceptors (Lipinski definition) is 0. The molecule has 0 N–H and O–H groups in total. The fraction of sp³-hybridized carbons (Fsp3) is 0.0244. The summed E-state index contributed by atoms with van der Waals surface area (Å²) < 4.78 is 7.70. The number of aryl methyl sites for hydroxylation is 1. The summed E-state index contributed by atoms with van der Waals surface area (Å²) in [5.74, 6) is 0. The summed E-state index contributed by atoms with van der Waals surface area (Å²) in [7, 11) is 0. The van der Waals surface area contributed by atoms with Gasteiger partial charge < -0.3 is 4.57 Å².